The molecule has 0 aromatic heterocycles. The van der Waals surface area contributed by atoms with Crippen molar-refractivity contribution < 1.29 is 0 Å². The lowest BCUT2D eigenvalue weighted by Crippen LogP contribution is -2.25. The van der Waals surface area contributed by atoms with Crippen LogP contribution < -0.4 is 0 Å². The minimum atomic E-state index is 0.528. The van der Waals surface area contributed by atoms with E-state index in [0.29, 0.717) is 5.92 Å². The molecule has 0 unspecified atom stereocenters. The number of rotatable bonds is 2. The van der Waals surface area contributed by atoms with Gasteiger partial charge in [-0.1, -0.05) is 20.4 Å². The Balaban J connectivity index is 2.64. The fourth-order valence-electron chi connectivity index (χ4n) is 1.18. The minimum absolute atomic E-state index is 0.528. The van der Waals surface area contributed by atoms with Gasteiger partial charge < -0.3 is 4.90 Å². The number of hydrogen-bond donors (Lipinski definition) is 0. The second kappa shape index (κ2) is 2.86. The predicted molar refractivity (Wildman–Crippen MR) is 44.0 cm³/mol. The zero-order valence-corrected chi connectivity index (χ0v) is 6.67. The minimum Gasteiger partial charge on any atom is -0.335 e. The number of amidine groups is 1. The molecule has 1 rings (SSSR count). The highest BCUT2D eigenvalue weighted by Crippen LogP contribution is 2.09. The maximum Gasteiger partial charge on any atom is 0.106 e. The summed E-state index contributed by atoms with van der Waals surface area (Å²) in [6.07, 6.45) is 1.85. The zero-order valence-electron chi connectivity index (χ0n) is 6.67. The summed E-state index contributed by atoms with van der Waals surface area (Å²) in [6.45, 7) is 9.97. The van der Waals surface area contributed by atoms with E-state index >= 15 is 0 Å². The van der Waals surface area contributed by atoms with Crippen molar-refractivity contribution in [3.05, 3.63) is 12.8 Å². The van der Waals surface area contributed by atoms with Crippen LogP contribution in [0.1, 0.15) is 13.8 Å². The molecule has 1 heterocycles. The van der Waals surface area contributed by atoms with Crippen molar-refractivity contribution in [2.24, 2.45) is 10.9 Å². The van der Waals surface area contributed by atoms with Crippen molar-refractivity contribution in [1.29, 1.82) is 0 Å². The van der Waals surface area contributed by atoms with Crippen LogP contribution >= 0.6 is 0 Å². The first-order valence-corrected chi connectivity index (χ1v) is 3.69. The van der Waals surface area contributed by atoms with Crippen molar-refractivity contribution in [3.63, 3.8) is 0 Å². The van der Waals surface area contributed by atoms with Crippen LogP contribution in [0.5, 0.6) is 0 Å². The first-order chi connectivity index (χ1) is 4.75. The Labute approximate surface area is 62.3 Å². The lowest BCUT2D eigenvalue weighted by molar-refractivity contribution is 0.580. The highest BCUT2D eigenvalue weighted by atomic mass is 15.2. The van der Waals surface area contributed by atoms with Crippen LogP contribution in [-0.4, -0.2) is 23.8 Å². The third kappa shape index (κ3) is 1.20. The van der Waals surface area contributed by atoms with Gasteiger partial charge in [0.2, 0.25) is 0 Å². The molecule has 1 aliphatic rings. The summed E-state index contributed by atoms with van der Waals surface area (Å²) in [5, 5.41) is 0. The van der Waals surface area contributed by atoms with Crippen LogP contribution in [0.3, 0.4) is 0 Å². The molecule has 0 saturated heterocycles. The van der Waals surface area contributed by atoms with Crippen LogP contribution in [0.25, 0.3) is 0 Å². The van der Waals surface area contributed by atoms with E-state index in [-0.39, 0.29) is 0 Å². The Kier molecular flexibility index (Phi) is 2.10. The van der Waals surface area contributed by atoms with Gasteiger partial charge in [0.15, 0.2) is 0 Å². The van der Waals surface area contributed by atoms with E-state index in [1.807, 2.05) is 6.20 Å². The SMILES string of the molecule is C=CN1CCN=C1C(C)C. The molecular weight excluding hydrogens is 124 g/mol. The van der Waals surface area contributed by atoms with Gasteiger partial charge in [-0.25, -0.2) is 0 Å². The number of nitrogens with zero attached hydrogens (tertiary/aromatic N) is 2. The molecule has 0 atom stereocenters. The van der Waals surface area contributed by atoms with E-state index in [9.17, 15) is 0 Å². The van der Waals surface area contributed by atoms with Gasteiger partial charge in [-0.05, 0) is 6.20 Å². The van der Waals surface area contributed by atoms with E-state index in [2.05, 4.69) is 30.3 Å². The third-order valence-electron chi connectivity index (χ3n) is 1.65. The fourth-order valence-corrected chi connectivity index (χ4v) is 1.18. The molecule has 0 aliphatic carbocycles. The van der Waals surface area contributed by atoms with Crippen LogP contribution in [0, 0.1) is 5.92 Å². The molecule has 0 amide bonds. The molecule has 0 aromatic carbocycles. The monoisotopic (exact) mass is 138 g/mol. The molecule has 0 bridgehead atoms. The summed E-state index contributed by atoms with van der Waals surface area (Å²) < 4.78 is 0. The topological polar surface area (TPSA) is 15.6 Å². The summed E-state index contributed by atoms with van der Waals surface area (Å²) in [6, 6.07) is 0. The van der Waals surface area contributed by atoms with Crippen molar-refractivity contribution in [3.8, 4) is 0 Å². The average molecular weight is 138 g/mol. The Bertz CT molecular complexity index is 159. The molecule has 56 valence electrons. The molecule has 0 spiro atoms. The predicted octanol–water partition coefficient (Wildman–Crippen LogP) is 1.50. The maximum atomic E-state index is 4.36. The van der Waals surface area contributed by atoms with Gasteiger partial charge in [-0.3, -0.25) is 4.99 Å². The Hall–Kier alpha value is -0.790. The highest BCUT2D eigenvalue weighted by molar-refractivity contribution is 5.86. The standard InChI is InChI=1S/C8H14N2/c1-4-10-6-5-9-8(10)7(2)3/h4,7H,1,5-6H2,2-3H3. The largest absolute Gasteiger partial charge is 0.335 e. The number of aliphatic imine (C=N–C) groups is 1. The van der Waals surface area contributed by atoms with Gasteiger partial charge in [-0.15, -0.1) is 0 Å². The van der Waals surface area contributed by atoms with Crippen molar-refractivity contribution in [2.45, 2.75) is 13.8 Å². The maximum absolute atomic E-state index is 4.36. The first kappa shape index (κ1) is 7.32. The van der Waals surface area contributed by atoms with Gasteiger partial charge in [0.1, 0.15) is 5.84 Å². The van der Waals surface area contributed by atoms with Gasteiger partial charge >= 0.3 is 0 Å². The third-order valence-corrected chi connectivity index (χ3v) is 1.65. The molecule has 0 saturated carbocycles. The van der Waals surface area contributed by atoms with Crippen LogP contribution in [0.4, 0.5) is 0 Å². The van der Waals surface area contributed by atoms with Gasteiger partial charge in [-0.2, -0.15) is 0 Å². The summed E-state index contributed by atoms with van der Waals surface area (Å²) in [7, 11) is 0. The summed E-state index contributed by atoms with van der Waals surface area (Å²) in [4.78, 5) is 6.47. The number of hydrogen-bond acceptors (Lipinski definition) is 2. The summed E-state index contributed by atoms with van der Waals surface area (Å²) >= 11 is 0. The lowest BCUT2D eigenvalue weighted by Gasteiger charge is -2.16. The van der Waals surface area contributed by atoms with E-state index in [1.54, 1.807) is 0 Å². The summed E-state index contributed by atoms with van der Waals surface area (Å²) in [5.41, 5.74) is 0. The van der Waals surface area contributed by atoms with Crippen molar-refractivity contribution >= 4 is 5.84 Å². The molecule has 0 radical (unpaired) electrons. The molecule has 0 N–H and O–H groups in total. The van der Waals surface area contributed by atoms with Gasteiger partial charge in [0, 0.05) is 12.5 Å². The van der Waals surface area contributed by atoms with E-state index in [1.165, 1.54) is 5.84 Å². The van der Waals surface area contributed by atoms with Crippen molar-refractivity contribution in [1.82, 2.24) is 4.90 Å². The zero-order chi connectivity index (χ0) is 7.56. The Morgan fingerprint density at radius 3 is 2.80 bits per heavy atom. The normalized spacial score (nSPS) is 17.9. The molecule has 0 fully saturated rings. The van der Waals surface area contributed by atoms with Crippen LogP contribution in [0.15, 0.2) is 17.8 Å². The molecular formula is C8H14N2. The molecule has 2 heteroatoms. The molecule has 2 nitrogen and oxygen atoms in total. The first-order valence-electron chi connectivity index (χ1n) is 3.69. The second-order valence-electron chi connectivity index (χ2n) is 2.77. The van der Waals surface area contributed by atoms with Gasteiger partial charge in [0.25, 0.3) is 0 Å². The smallest absolute Gasteiger partial charge is 0.106 e. The van der Waals surface area contributed by atoms with Gasteiger partial charge in [0.05, 0.1) is 6.54 Å². The quantitative estimate of drug-likeness (QED) is 0.564. The van der Waals surface area contributed by atoms with Crippen molar-refractivity contribution in [2.75, 3.05) is 13.1 Å². The lowest BCUT2D eigenvalue weighted by atomic mass is 10.2. The Morgan fingerprint density at radius 1 is 1.70 bits per heavy atom. The molecule has 10 heavy (non-hydrogen) atoms. The van der Waals surface area contributed by atoms with E-state index in [0.717, 1.165) is 13.1 Å². The fraction of sp³-hybridized carbons (Fsp3) is 0.625. The second-order valence-corrected chi connectivity index (χ2v) is 2.77. The van der Waals surface area contributed by atoms with Crippen LogP contribution in [-0.2, 0) is 0 Å². The average Bonchev–Trinajstić information content (AvgIpc) is 2.33. The Morgan fingerprint density at radius 2 is 2.40 bits per heavy atom. The van der Waals surface area contributed by atoms with E-state index in [4.69, 9.17) is 0 Å². The van der Waals surface area contributed by atoms with Crippen LogP contribution in [0.2, 0.25) is 0 Å². The highest BCUT2D eigenvalue weighted by Gasteiger charge is 2.15. The van der Waals surface area contributed by atoms with E-state index < -0.39 is 0 Å². The molecule has 1 aliphatic heterocycles. The summed E-state index contributed by atoms with van der Waals surface area (Å²) in [5.74, 6) is 1.70. The molecule has 0 aromatic rings.